The number of nitrogens with zero attached hydrogens (tertiary/aromatic N) is 1. The average molecular weight is 617 g/mol. The van der Waals surface area contributed by atoms with Crippen LogP contribution in [0.2, 0.25) is 0 Å². The normalized spacial score (nSPS) is 18.6. The molecule has 0 bridgehead atoms. The second-order valence-electron chi connectivity index (χ2n) is 12.3. The number of hydrogen-bond donors (Lipinski definition) is 4. The predicted octanol–water partition coefficient (Wildman–Crippen LogP) is 7.61. The Morgan fingerprint density at radius 3 is 2.04 bits per heavy atom. The fraction of sp³-hybridized carbons (Fsp3) is 0.216. The minimum absolute atomic E-state index is 0.0842. The van der Waals surface area contributed by atoms with Crippen LogP contribution in [0.1, 0.15) is 53.5 Å². The molecule has 228 valence electrons. The lowest BCUT2D eigenvalue weighted by Crippen LogP contribution is -2.33. The summed E-state index contributed by atoms with van der Waals surface area (Å²) in [7, 11) is -3.71. The summed E-state index contributed by atoms with van der Waals surface area (Å²) in [4.78, 5) is 7.23. The first-order valence-electron chi connectivity index (χ1n) is 15.3. The number of hydrogen-bond acceptors (Lipinski definition) is 4. The third kappa shape index (κ3) is 5.34. The highest BCUT2D eigenvalue weighted by molar-refractivity contribution is 7.89. The standard InChI is InChI=1S/C37H36N4O3S/c1-24-11-17-29(18-12-24)45(43,44)40-23-37(27-15-13-26(14-16-27)25(2)41-42)20-28(37)19-32(33-21-38-35-9-5-3-7-30(33)35)34-22-39-36-10-6-4-8-31(34)36/h3-18,21-22,28,32,38-40,42H,19-20,23H2,1-2H3/b41-25+. The Morgan fingerprint density at radius 1 is 0.889 bits per heavy atom. The van der Waals surface area contributed by atoms with Gasteiger partial charge in [0.25, 0.3) is 0 Å². The van der Waals surface area contributed by atoms with E-state index in [0.717, 1.165) is 40.6 Å². The summed E-state index contributed by atoms with van der Waals surface area (Å²) < 4.78 is 29.9. The molecule has 2 aromatic heterocycles. The molecule has 2 unspecified atom stereocenters. The van der Waals surface area contributed by atoms with Crippen molar-refractivity contribution in [2.45, 2.75) is 42.9 Å². The number of H-pyrrole nitrogens is 2. The van der Waals surface area contributed by atoms with Gasteiger partial charge in [0.2, 0.25) is 10.0 Å². The van der Waals surface area contributed by atoms with E-state index in [0.29, 0.717) is 5.71 Å². The van der Waals surface area contributed by atoms with Crippen molar-refractivity contribution in [3.63, 3.8) is 0 Å². The van der Waals surface area contributed by atoms with Crippen LogP contribution in [-0.4, -0.2) is 35.8 Å². The Labute approximate surface area is 263 Å². The number of oxime groups is 1. The maximum absolute atomic E-state index is 13.5. The van der Waals surface area contributed by atoms with Crippen molar-refractivity contribution in [1.82, 2.24) is 14.7 Å². The van der Waals surface area contributed by atoms with Crippen LogP contribution in [0.25, 0.3) is 21.8 Å². The molecule has 1 aliphatic carbocycles. The van der Waals surface area contributed by atoms with Gasteiger partial charge in [0, 0.05) is 52.1 Å². The zero-order chi connectivity index (χ0) is 31.2. The molecule has 1 aliphatic rings. The molecule has 0 saturated heterocycles. The van der Waals surface area contributed by atoms with Gasteiger partial charge in [0.05, 0.1) is 10.6 Å². The highest BCUT2D eigenvalue weighted by atomic mass is 32.2. The predicted molar refractivity (Wildman–Crippen MR) is 180 cm³/mol. The molecule has 6 aromatic rings. The van der Waals surface area contributed by atoms with Crippen molar-refractivity contribution >= 4 is 37.5 Å². The van der Waals surface area contributed by atoms with E-state index in [2.05, 4.69) is 80.8 Å². The Bertz CT molecular complexity index is 2050. The summed E-state index contributed by atoms with van der Waals surface area (Å²) >= 11 is 0. The number of rotatable bonds is 10. The van der Waals surface area contributed by atoms with Crippen LogP contribution in [0.4, 0.5) is 0 Å². The first-order chi connectivity index (χ1) is 21.8. The minimum Gasteiger partial charge on any atom is -0.411 e. The molecule has 4 N–H and O–H groups in total. The van der Waals surface area contributed by atoms with Gasteiger partial charge < -0.3 is 15.2 Å². The first kappa shape index (κ1) is 29.1. The van der Waals surface area contributed by atoms with Gasteiger partial charge in [-0.25, -0.2) is 13.1 Å². The van der Waals surface area contributed by atoms with Crippen LogP contribution in [0.15, 0.2) is 120 Å². The number of para-hydroxylation sites is 2. The molecule has 2 atom stereocenters. The lowest BCUT2D eigenvalue weighted by atomic mass is 9.83. The Kier molecular flexibility index (Phi) is 7.34. The van der Waals surface area contributed by atoms with E-state index in [4.69, 9.17) is 0 Å². The van der Waals surface area contributed by atoms with Crippen molar-refractivity contribution < 1.29 is 13.6 Å². The summed E-state index contributed by atoms with van der Waals surface area (Å²) in [5, 5.41) is 15.1. The second kappa shape index (κ2) is 11.4. The Hall–Kier alpha value is -4.66. The van der Waals surface area contributed by atoms with E-state index in [1.54, 1.807) is 19.1 Å². The van der Waals surface area contributed by atoms with Gasteiger partial charge in [-0.2, -0.15) is 0 Å². The molecule has 1 fully saturated rings. The molecule has 1 saturated carbocycles. The maximum atomic E-state index is 13.5. The molecule has 4 aromatic carbocycles. The number of benzene rings is 4. The zero-order valence-corrected chi connectivity index (χ0v) is 26.1. The van der Waals surface area contributed by atoms with Gasteiger partial charge >= 0.3 is 0 Å². The summed E-state index contributed by atoms with van der Waals surface area (Å²) in [5.74, 6) is 0.296. The van der Waals surface area contributed by atoms with Crippen LogP contribution >= 0.6 is 0 Å². The Morgan fingerprint density at radius 2 is 1.47 bits per heavy atom. The monoisotopic (exact) mass is 616 g/mol. The summed E-state index contributed by atoms with van der Waals surface area (Å²) in [6.07, 6.45) is 5.95. The maximum Gasteiger partial charge on any atom is 0.240 e. The Balaban J connectivity index is 1.27. The lowest BCUT2D eigenvalue weighted by molar-refractivity contribution is 0.319. The summed E-state index contributed by atoms with van der Waals surface area (Å²) in [6, 6.07) is 31.7. The molecule has 0 aliphatic heterocycles. The second-order valence-corrected chi connectivity index (χ2v) is 14.1. The SMILES string of the molecule is C/C(=N\O)c1ccc(C2(CNS(=O)(=O)c3ccc(C)cc3)CC2CC(c2c[nH]c3ccccc23)c2c[nH]c3ccccc23)cc1. The fourth-order valence-corrected chi connectivity index (χ4v) is 8.07. The van der Waals surface area contributed by atoms with Crippen molar-refractivity contribution in [3.8, 4) is 0 Å². The number of fused-ring (bicyclic) bond motifs is 2. The molecule has 7 rings (SSSR count). The molecule has 7 nitrogen and oxygen atoms in total. The molecule has 0 radical (unpaired) electrons. The van der Waals surface area contributed by atoms with Gasteiger partial charge in [-0.3, -0.25) is 0 Å². The number of aromatic nitrogens is 2. The molecule has 0 amide bonds. The van der Waals surface area contributed by atoms with Crippen LogP contribution in [0.5, 0.6) is 0 Å². The van der Waals surface area contributed by atoms with E-state index in [9.17, 15) is 13.6 Å². The molecule has 45 heavy (non-hydrogen) atoms. The van der Waals surface area contributed by atoms with Crippen molar-refractivity contribution in [1.29, 1.82) is 0 Å². The van der Waals surface area contributed by atoms with Gasteiger partial charge in [0.15, 0.2) is 0 Å². The average Bonchev–Trinajstić information content (AvgIpc) is 3.37. The van der Waals surface area contributed by atoms with Crippen LogP contribution < -0.4 is 4.72 Å². The van der Waals surface area contributed by atoms with Crippen molar-refractivity contribution in [2.75, 3.05) is 6.54 Å². The quantitative estimate of drug-likeness (QED) is 0.0722. The minimum atomic E-state index is -3.71. The van der Waals surface area contributed by atoms with E-state index < -0.39 is 15.4 Å². The molecule has 2 heterocycles. The van der Waals surface area contributed by atoms with Crippen molar-refractivity contribution in [2.24, 2.45) is 11.1 Å². The molecule has 0 spiro atoms. The highest BCUT2D eigenvalue weighted by Gasteiger charge is 2.56. The van der Waals surface area contributed by atoms with Gasteiger partial charge in [-0.15, -0.1) is 0 Å². The van der Waals surface area contributed by atoms with Crippen LogP contribution in [0, 0.1) is 12.8 Å². The third-order valence-corrected chi connectivity index (χ3v) is 11.1. The van der Waals surface area contributed by atoms with Crippen LogP contribution in [0.3, 0.4) is 0 Å². The summed E-state index contributed by atoms with van der Waals surface area (Å²) in [5.41, 5.74) is 7.72. The molecular formula is C37H36N4O3S. The number of aryl methyl sites for hydroxylation is 1. The van der Waals surface area contributed by atoms with Crippen LogP contribution in [-0.2, 0) is 15.4 Å². The van der Waals surface area contributed by atoms with E-state index in [1.807, 2.05) is 43.3 Å². The van der Waals surface area contributed by atoms with E-state index in [-0.39, 0.29) is 23.3 Å². The molecular weight excluding hydrogens is 580 g/mol. The number of aromatic amines is 2. The summed E-state index contributed by atoms with van der Waals surface area (Å²) in [6.45, 7) is 3.99. The third-order valence-electron chi connectivity index (χ3n) is 9.68. The van der Waals surface area contributed by atoms with Gasteiger partial charge in [0.1, 0.15) is 0 Å². The fourth-order valence-electron chi connectivity index (χ4n) is 6.96. The highest BCUT2D eigenvalue weighted by Crippen LogP contribution is 2.59. The van der Waals surface area contributed by atoms with Gasteiger partial charge in [-0.05, 0) is 79.1 Å². The van der Waals surface area contributed by atoms with Gasteiger partial charge in [-0.1, -0.05) is 83.5 Å². The first-order valence-corrected chi connectivity index (χ1v) is 16.8. The number of sulfonamides is 1. The van der Waals surface area contributed by atoms with E-state index >= 15 is 0 Å². The smallest absolute Gasteiger partial charge is 0.240 e. The molecule has 8 heteroatoms. The lowest BCUT2D eigenvalue weighted by Gasteiger charge is -2.23. The van der Waals surface area contributed by atoms with Crippen molar-refractivity contribution in [3.05, 3.63) is 137 Å². The zero-order valence-electron chi connectivity index (χ0n) is 25.3. The topological polar surface area (TPSA) is 110 Å². The largest absolute Gasteiger partial charge is 0.411 e. The van der Waals surface area contributed by atoms with E-state index in [1.165, 1.54) is 21.9 Å². The number of nitrogens with one attached hydrogen (secondary N) is 3.